The van der Waals surface area contributed by atoms with Gasteiger partial charge in [0.25, 0.3) is 0 Å². The first kappa shape index (κ1) is 20.1. The maximum Gasteiger partial charge on any atom is 0.243 e. The number of amides is 1. The van der Waals surface area contributed by atoms with E-state index in [1.807, 2.05) is 44.4 Å². The molecule has 1 atom stereocenters. The molecule has 0 radical (unpaired) electrons. The predicted octanol–water partition coefficient (Wildman–Crippen LogP) is 4.86. The van der Waals surface area contributed by atoms with Gasteiger partial charge in [0.2, 0.25) is 5.91 Å². The zero-order valence-corrected chi connectivity index (χ0v) is 17.2. The number of hydrogen-bond donors (Lipinski definition) is 1. The Bertz CT molecular complexity index is 1010. The monoisotopic (exact) mass is 381 g/mol. The lowest BCUT2D eigenvalue weighted by Gasteiger charge is -2.22. The van der Waals surface area contributed by atoms with Gasteiger partial charge in [-0.3, -0.25) is 4.79 Å². The molecule has 0 unspecified atom stereocenters. The molecule has 0 saturated heterocycles. The van der Waals surface area contributed by atoms with Gasteiger partial charge in [0.1, 0.15) is 17.7 Å². The van der Waals surface area contributed by atoms with Crippen LogP contribution in [0.3, 0.4) is 0 Å². The minimum Gasteiger partial charge on any atom is -0.352 e. The van der Waals surface area contributed by atoms with Crippen LogP contribution in [0.2, 0.25) is 0 Å². The third-order valence-electron chi connectivity index (χ3n) is 5.12. The van der Waals surface area contributed by atoms with Crippen LogP contribution in [0.1, 0.15) is 55.7 Å². The molecule has 0 saturated carbocycles. The lowest BCUT2D eigenvalue weighted by atomic mass is 10.1. The second kappa shape index (κ2) is 8.13. The van der Waals surface area contributed by atoms with Crippen LogP contribution in [0.5, 0.6) is 0 Å². The van der Waals surface area contributed by atoms with Gasteiger partial charge in [0.05, 0.1) is 11.0 Å². The van der Waals surface area contributed by atoms with Crippen LogP contribution in [-0.4, -0.2) is 21.5 Å². The van der Waals surface area contributed by atoms with Gasteiger partial charge >= 0.3 is 0 Å². The SMILES string of the molecule is CC[C@H](C(=O)NC(C)C)n1c(Cc2ccccc2F)nc2cc(C)c(C)cc21. The molecular weight excluding hydrogens is 353 g/mol. The van der Waals surface area contributed by atoms with Crippen LogP contribution in [0, 0.1) is 19.7 Å². The molecule has 2 aromatic carbocycles. The maximum absolute atomic E-state index is 14.3. The summed E-state index contributed by atoms with van der Waals surface area (Å²) in [6.45, 7) is 9.99. The van der Waals surface area contributed by atoms with Crippen molar-refractivity contribution in [3.63, 3.8) is 0 Å². The number of benzene rings is 2. The van der Waals surface area contributed by atoms with Crippen LogP contribution in [0.4, 0.5) is 4.39 Å². The standard InChI is InChI=1S/C23H28FN3O/c1-6-20(23(28)25-14(2)3)27-21-12-16(5)15(4)11-19(21)26-22(27)13-17-9-7-8-10-18(17)24/h7-12,14,20H,6,13H2,1-5H3,(H,25,28)/t20-/m1/s1. The van der Waals surface area contributed by atoms with Gasteiger partial charge in [0.15, 0.2) is 0 Å². The molecule has 3 aromatic rings. The summed E-state index contributed by atoms with van der Waals surface area (Å²) in [7, 11) is 0. The molecule has 1 aromatic heterocycles. The van der Waals surface area contributed by atoms with Gasteiger partial charge in [-0.1, -0.05) is 25.1 Å². The van der Waals surface area contributed by atoms with Crippen LogP contribution in [0.25, 0.3) is 11.0 Å². The highest BCUT2D eigenvalue weighted by Gasteiger charge is 2.25. The number of imidazole rings is 1. The Morgan fingerprint density at radius 1 is 1.18 bits per heavy atom. The molecule has 0 aliphatic heterocycles. The molecular formula is C23H28FN3O. The van der Waals surface area contributed by atoms with E-state index in [0.717, 1.165) is 22.2 Å². The maximum atomic E-state index is 14.3. The van der Waals surface area contributed by atoms with E-state index in [4.69, 9.17) is 4.98 Å². The fraction of sp³-hybridized carbons (Fsp3) is 0.391. The second-order valence-corrected chi connectivity index (χ2v) is 7.68. The molecule has 0 fully saturated rings. The number of rotatable bonds is 6. The number of carbonyl (C=O) groups is 1. The van der Waals surface area contributed by atoms with Crippen molar-refractivity contribution < 1.29 is 9.18 Å². The van der Waals surface area contributed by atoms with E-state index in [2.05, 4.69) is 18.3 Å². The number of hydrogen-bond acceptors (Lipinski definition) is 2. The highest BCUT2D eigenvalue weighted by Crippen LogP contribution is 2.28. The number of aromatic nitrogens is 2. The zero-order chi connectivity index (χ0) is 20.4. The minimum atomic E-state index is -0.392. The molecule has 0 spiro atoms. The predicted molar refractivity (Wildman–Crippen MR) is 111 cm³/mol. The van der Waals surface area contributed by atoms with Crippen LogP contribution < -0.4 is 5.32 Å². The van der Waals surface area contributed by atoms with Gasteiger partial charge in [-0.25, -0.2) is 9.37 Å². The van der Waals surface area contributed by atoms with E-state index >= 15 is 0 Å². The molecule has 0 aliphatic carbocycles. The first-order valence-electron chi connectivity index (χ1n) is 9.83. The normalized spacial score (nSPS) is 12.5. The quantitative estimate of drug-likeness (QED) is 0.663. The highest BCUT2D eigenvalue weighted by molar-refractivity contribution is 5.85. The second-order valence-electron chi connectivity index (χ2n) is 7.68. The molecule has 1 amide bonds. The van der Waals surface area contributed by atoms with E-state index in [0.29, 0.717) is 24.2 Å². The lowest BCUT2D eigenvalue weighted by molar-refractivity contribution is -0.124. The van der Waals surface area contributed by atoms with Crippen LogP contribution in [-0.2, 0) is 11.2 Å². The minimum absolute atomic E-state index is 0.0372. The first-order valence-corrected chi connectivity index (χ1v) is 9.83. The first-order chi connectivity index (χ1) is 13.3. The fourth-order valence-corrected chi connectivity index (χ4v) is 3.55. The summed E-state index contributed by atoms with van der Waals surface area (Å²) in [5, 5.41) is 3.01. The van der Waals surface area contributed by atoms with E-state index in [9.17, 15) is 9.18 Å². The van der Waals surface area contributed by atoms with E-state index in [1.54, 1.807) is 12.1 Å². The molecule has 5 heteroatoms. The third-order valence-corrected chi connectivity index (χ3v) is 5.12. The van der Waals surface area contributed by atoms with E-state index in [1.165, 1.54) is 6.07 Å². The van der Waals surface area contributed by atoms with Crippen molar-refractivity contribution in [2.45, 2.75) is 59.5 Å². The molecule has 28 heavy (non-hydrogen) atoms. The van der Waals surface area contributed by atoms with Crippen molar-refractivity contribution >= 4 is 16.9 Å². The Hall–Kier alpha value is -2.69. The van der Waals surface area contributed by atoms with E-state index in [-0.39, 0.29) is 17.8 Å². The number of halogens is 1. The summed E-state index contributed by atoms with van der Waals surface area (Å²) < 4.78 is 16.3. The van der Waals surface area contributed by atoms with Crippen LogP contribution in [0.15, 0.2) is 36.4 Å². The van der Waals surface area contributed by atoms with Gasteiger partial charge < -0.3 is 9.88 Å². The number of nitrogens with zero attached hydrogens (tertiary/aromatic N) is 2. The van der Waals surface area contributed by atoms with Crippen LogP contribution >= 0.6 is 0 Å². The molecule has 1 N–H and O–H groups in total. The Kier molecular flexibility index (Phi) is 5.82. The van der Waals surface area contributed by atoms with Gasteiger partial charge in [-0.15, -0.1) is 0 Å². The Balaban J connectivity index is 2.17. The average Bonchev–Trinajstić information content (AvgIpc) is 2.95. The number of fused-ring (bicyclic) bond motifs is 1. The summed E-state index contributed by atoms with van der Waals surface area (Å²) in [6.07, 6.45) is 0.964. The molecule has 3 rings (SSSR count). The Labute approximate surface area is 165 Å². The summed E-state index contributed by atoms with van der Waals surface area (Å²) in [4.78, 5) is 17.7. The largest absolute Gasteiger partial charge is 0.352 e. The molecule has 4 nitrogen and oxygen atoms in total. The third kappa shape index (κ3) is 3.93. The Morgan fingerprint density at radius 2 is 1.86 bits per heavy atom. The van der Waals surface area contributed by atoms with Crippen molar-refractivity contribution in [2.24, 2.45) is 0 Å². The lowest BCUT2D eigenvalue weighted by Crippen LogP contribution is -2.37. The van der Waals surface area contributed by atoms with Crippen molar-refractivity contribution in [1.82, 2.24) is 14.9 Å². The molecule has 148 valence electrons. The summed E-state index contributed by atoms with van der Waals surface area (Å²) in [5.41, 5.74) is 4.62. The van der Waals surface area contributed by atoms with Crippen molar-refractivity contribution in [2.75, 3.05) is 0 Å². The number of nitrogens with one attached hydrogen (secondary N) is 1. The number of aryl methyl sites for hydroxylation is 2. The fourth-order valence-electron chi connectivity index (χ4n) is 3.55. The van der Waals surface area contributed by atoms with E-state index < -0.39 is 6.04 Å². The molecule has 0 aliphatic rings. The Morgan fingerprint density at radius 3 is 2.50 bits per heavy atom. The van der Waals surface area contributed by atoms with Gasteiger partial charge in [-0.2, -0.15) is 0 Å². The summed E-state index contributed by atoms with van der Waals surface area (Å²) in [6, 6.07) is 10.5. The highest BCUT2D eigenvalue weighted by atomic mass is 19.1. The van der Waals surface area contributed by atoms with Crippen molar-refractivity contribution in [1.29, 1.82) is 0 Å². The summed E-state index contributed by atoms with van der Waals surface area (Å²) >= 11 is 0. The number of carbonyl (C=O) groups excluding carboxylic acids is 1. The molecule has 1 heterocycles. The zero-order valence-electron chi connectivity index (χ0n) is 17.2. The van der Waals surface area contributed by atoms with Crippen molar-refractivity contribution in [3.05, 3.63) is 64.7 Å². The topological polar surface area (TPSA) is 46.9 Å². The summed E-state index contributed by atoms with van der Waals surface area (Å²) in [5.74, 6) is 0.411. The average molecular weight is 381 g/mol. The smallest absolute Gasteiger partial charge is 0.243 e. The van der Waals surface area contributed by atoms with Crippen molar-refractivity contribution in [3.8, 4) is 0 Å². The van der Waals surface area contributed by atoms with Gasteiger partial charge in [0, 0.05) is 12.5 Å². The van der Waals surface area contributed by atoms with Gasteiger partial charge in [-0.05, 0) is 69.0 Å². The molecule has 0 bridgehead atoms.